The van der Waals surface area contributed by atoms with Crippen molar-refractivity contribution in [1.29, 1.82) is 0 Å². The zero-order valence-corrected chi connectivity index (χ0v) is 8.48. The van der Waals surface area contributed by atoms with Crippen molar-refractivity contribution in [2.45, 2.75) is 18.9 Å². The summed E-state index contributed by atoms with van der Waals surface area (Å²) < 4.78 is 17.7. The molecule has 0 spiro atoms. The number of aromatic nitrogens is 2. The maximum Gasteiger partial charge on any atom is 0.322 e. The van der Waals surface area contributed by atoms with E-state index >= 15 is 0 Å². The van der Waals surface area contributed by atoms with E-state index in [-0.39, 0.29) is 5.82 Å². The first kappa shape index (κ1) is 9.33. The molecular weight excluding hydrogens is 209 g/mol. The predicted molar refractivity (Wildman–Crippen MR) is 56.3 cm³/mol. The van der Waals surface area contributed by atoms with Crippen LogP contribution in [0.3, 0.4) is 0 Å². The van der Waals surface area contributed by atoms with Crippen molar-refractivity contribution in [3.05, 3.63) is 30.1 Å². The van der Waals surface area contributed by atoms with Crippen LogP contribution in [-0.4, -0.2) is 16.2 Å². The van der Waals surface area contributed by atoms with Crippen molar-refractivity contribution >= 4 is 6.01 Å². The van der Waals surface area contributed by atoms with Crippen LogP contribution in [0.1, 0.15) is 12.8 Å². The number of nitrogens with zero attached hydrogens (tertiary/aromatic N) is 2. The molecule has 2 aromatic rings. The molecular formula is C11H10FN3O. The lowest BCUT2D eigenvalue weighted by atomic mass is 10.2. The molecule has 16 heavy (non-hydrogen) atoms. The zero-order chi connectivity index (χ0) is 11.0. The standard InChI is InChI=1S/C11H10FN3O/c12-8-3-1-7(2-4-8)10-14-11(16-15-10)13-9-5-6-9/h1-4,9H,5-6H2,(H,13,14,15). The van der Waals surface area contributed by atoms with E-state index in [4.69, 9.17) is 4.52 Å². The van der Waals surface area contributed by atoms with Crippen molar-refractivity contribution in [3.63, 3.8) is 0 Å². The molecule has 0 bridgehead atoms. The van der Waals surface area contributed by atoms with E-state index in [0.29, 0.717) is 17.9 Å². The van der Waals surface area contributed by atoms with Crippen LogP contribution < -0.4 is 5.32 Å². The lowest BCUT2D eigenvalue weighted by molar-refractivity contribution is 0.432. The highest BCUT2D eigenvalue weighted by molar-refractivity contribution is 5.55. The van der Waals surface area contributed by atoms with Gasteiger partial charge in [-0.2, -0.15) is 4.98 Å². The van der Waals surface area contributed by atoms with Crippen molar-refractivity contribution in [2.75, 3.05) is 5.32 Å². The highest BCUT2D eigenvalue weighted by atomic mass is 19.1. The van der Waals surface area contributed by atoms with Crippen LogP contribution in [0.4, 0.5) is 10.4 Å². The van der Waals surface area contributed by atoms with Crippen molar-refractivity contribution in [2.24, 2.45) is 0 Å². The van der Waals surface area contributed by atoms with Gasteiger partial charge in [-0.05, 0) is 37.1 Å². The van der Waals surface area contributed by atoms with Crippen LogP contribution >= 0.6 is 0 Å². The monoisotopic (exact) mass is 219 g/mol. The van der Waals surface area contributed by atoms with E-state index in [1.165, 1.54) is 12.1 Å². The lowest BCUT2D eigenvalue weighted by Gasteiger charge is -1.94. The van der Waals surface area contributed by atoms with E-state index in [1.807, 2.05) is 0 Å². The molecule has 0 atom stereocenters. The van der Waals surface area contributed by atoms with Crippen LogP contribution in [0.2, 0.25) is 0 Å². The van der Waals surface area contributed by atoms with Gasteiger partial charge in [0, 0.05) is 11.6 Å². The molecule has 1 saturated carbocycles. The Labute approximate surface area is 91.5 Å². The third-order valence-corrected chi connectivity index (χ3v) is 2.43. The van der Waals surface area contributed by atoms with E-state index in [9.17, 15) is 4.39 Å². The molecule has 1 aromatic carbocycles. The van der Waals surface area contributed by atoms with Gasteiger partial charge in [-0.25, -0.2) is 4.39 Å². The Kier molecular flexibility index (Phi) is 2.09. The molecule has 1 aromatic heterocycles. The average molecular weight is 219 g/mol. The maximum absolute atomic E-state index is 12.7. The van der Waals surface area contributed by atoms with Crippen LogP contribution in [0, 0.1) is 5.82 Å². The molecule has 5 heteroatoms. The normalized spacial score (nSPS) is 15.1. The zero-order valence-electron chi connectivity index (χ0n) is 8.48. The van der Waals surface area contributed by atoms with Crippen molar-refractivity contribution in [1.82, 2.24) is 10.1 Å². The van der Waals surface area contributed by atoms with Crippen LogP contribution in [0.5, 0.6) is 0 Å². The van der Waals surface area contributed by atoms with Crippen LogP contribution in [0.25, 0.3) is 11.4 Å². The number of rotatable bonds is 3. The Morgan fingerprint density at radius 3 is 2.69 bits per heavy atom. The van der Waals surface area contributed by atoms with Gasteiger partial charge in [0.15, 0.2) is 0 Å². The summed E-state index contributed by atoms with van der Waals surface area (Å²) in [5.74, 6) is 0.201. The summed E-state index contributed by atoms with van der Waals surface area (Å²) in [6.45, 7) is 0. The summed E-state index contributed by atoms with van der Waals surface area (Å²) in [4.78, 5) is 4.18. The fraction of sp³-hybridized carbons (Fsp3) is 0.273. The SMILES string of the molecule is Fc1ccc(-c2noc(NC3CC3)n2)cc1. The Hall–Kier alpha value is -1.91. The van der Waals surface area contributed by atoms with E-state index in [2.05, 4.69) is 15.5 Å². The molecule has 1 heterocycles. The summed E-state index contributed by atoms with van der Waals surface area (Å²) in [7, 11) is 0. The fourth-order valence-electron chi connectivity index (χ4n) is 1.40. The summed E-state index contributed by atoms with van der Waals surface area (Å²) in [5.41, 5.74) is 0.744. The van der Waals surface area contributed by atoms with E-state index < -0.39 is 0 Å². The molecule has 4 nitrogen and oxygen atoms in total. The van der Waals surface area contributed by atoms with Gasteiger partial charge in [0.25, 0.3) is 0 Å². The van der Waals surface area contributed by atoms with E-state index in [0.717, 1.165) is 18.4 Å². The minimum atomic E-state index is -0.274. The van der Waals surface area contributed by atoms with Gasteiger partial charge in [-0.1, -0.05) is 5.16 Å². The highest BCUT2D eigenvalue weighted by Gasteiger charge is 2.23. The molecule has 0 unspecified atom stereocenters. The van der Waals surface area contributed by atoms with Gasteiger partial charge < -0.3 is 9.84 Å². The number of benzene rings is 1. The first-order chi connectivity index (χ1) is 7.81. The van der Waals surface area contributed by atoms with Gasteiger partial charge in [-0.3, -0.25) is 0 Å². The smallest absolute Gasteiger partial charge is 0.322 e. The first-order valence-electron chi connectivity index (χ1n) is 5.17. The number of hydrogen-bond acceptors (Lipinski definition) is 4. The molecule has 0 aliphatic heterocycles. The average Bonchev–Trinajstić information content (AvgIpc) is 2.97. The third-order valence-electron chi connectivity index (χ3n) is 2.43. The Morgan fingerprint density at radius 1 is 1.25 bits per heavy atom. The fourth-order valence-corrected chi connectivity index (χ4v) is 1.40. The quantitative estimate of drug-likeness (QED) is 0.861. The first-order valence-corrected chi connectivity index (χ1v) is 5.17. The molecule has 1 aliphatic carbocycles. The summed E-state index contributed by atoms with van der Waals surface area (Å²) in [5, 5.41) is 6.93. The minimum absolute atomic E-state index is 0.274. The number of hydrogen-bond donors (Lipinski definition) is 1. The second kappa shape index (κ2) is 3.59. The topological polar surface area (TPSA) is 51.0 Å². The third kappa shape index (κ3) is 1.88. The Morgan fingerprint density at radius 2 is 2.00 bits per heavy atom. The summed E-state index contributed by atoms with van der Waals surface area (Å²) >= 11 is 0. The minimum Gasteiger partial charge on any atom is -0.335 e. The molecule has 3 rings (SSSR count). The van der Waals surface area contributed by atoms with Gasteiger partial charge in [-0.15, -0.1) is 0 Å². The second-order valence-corrected chi connectivity index (χ2v) is 3.85. The number of nitrogens with one attached hydrogen (secondary N) is 1. The van der Waals surface area contributed by atoms with Gasteiger partial charge in [0.1, 0.15) is 5.82 Å². The molecule has 1 fully saturated rings. The Balaban J connectivity index is 1.82. The molecule has 82 valence electrons. The molecule has 0 amide bonds. The second-order valence-electron chi connectivity index (χ2n) is 3.85. The summed E-state index contributed by atoms with van der Waals surface area (Å²) in [6, 6.07) is 6.91. The predicted octanol–water partition coefficient (Wildman–Crippen LogP) is 2.45. The van der Waals surface area contributed by atoms with E-state index in [1.54, 1.807) is 12.1 Å². The van der Waals surface area contributed by atoms with Gasteiger partial charge in [0.05, 0.1) is 0 Å². The number of halogens is 1. The Bertz CT molecular complexity index is 490. The highest BCUT2D eigenvalue weighted by Crippen LogP contribution is 2.25. The number of anilines is 1. The largest absolute Gasteiger partial charge is 0.335 e. The maximum atomic E-state index is 12.7. The van der Waals surface area contributed by atoms with Gasteiger partial charge >= 0.3 is 6.01 Å². The van der Waals surface area contributed by atoms with Crippen LogP contribution in [-0.2, 0) is 0 Å². The molecule has 1 N–H and O–H groups in total. The molecule has 0 radical (unpaired) electrons. The van der Waals surface area contributed by atoms with Crippen molar-refractivity contribution in [3.8, 4) is 11.4 Å². The molecule has 0 saturated heterocycles. The van der Waals surface area contributed by atoms with Crippen LogP contribution in [0.15, 0.2) is 28.8 Å². The lowest BCUT2D eigenvalue weighted by Crippen LogP contribution is -2.00. The molecule has 1 aliphatic rings. The summed E-state index contributed by atoms with van der Waals surface area (Å²) in [6.07, 6.45) is 2.29. The van der Waals surface area contributed by atoms with Crippen molar-refractivity contribution < 1.29 is 8.91 Å². The van der Waals surface area contributed by atoms with Gasteiger partial charge in [0.2, 0.25) is 5.82 Å².